The first kappa shape index (κ1) is 27.6. The van der Waals surface area contributed by atoms with Crippen LogP contribution < -0.4 is 5.73 Å². The molecule has 0 radical (unpaired) electrons. The molecule has 2 aliphatic rings. The Morgan fingerprint density at radius 1 is 1.03 bits per heavy atom. The second-order valence-corrected chi connectivity index (χ2v) is 11.7. The molecule has 38 heavy (non-hydrogen) atoms. The zero-order valence-corrected chi connectivity index (χ0v) is 23.6. The van der Waals surface area contributed by atoms with Gasteiger partial charge in [0.2, 0.25) is 5.91 Å². The van der Waals surface area contributed by atoms with Gasteiger partial charge in [-0.25, -0.2) is 4.99 Å². The van der Waals surface area contributed by atoms with Crippen LogP contribution in [0.4, 0.5) is 5.69 Å². The van der Waals surface area contributed by atoms with Gasteiger partial charge in [-0.3, -0.25) is 9.59 Å². The summed E-state index contributed by atoms with van der Waals surface area (Å²) in [6.07, 6.45) is 5.18. The maximum Gasteiger partial charge on any atom is 0.253 e. The number of nitrogens with two attached hydrogens (primary N) is 1. The average Bonchev–Trinajstić information content (AvgIpc) is 3.33. The summed E-state index contributed by atoms with van der Waals surface area (Å²) in [5, 5.41) is 0. The number of rotatable bonds is 7. The van der Waals surface area contributed by atoms with Crippen molar-refractivity contribution in [2.75, 3.05) is 26.2 Å². The van der Waals surface area contributed by atoms with Gasteiger partial charge in [0.05, 0.1) is 5.69 Å². The largest absolute Gasteiger partial charge is 0.387 e. The molecule has 2 heterocycles. The van der Waals surface area contributed by atoms with Crippen molar-refractivity contribution in [3.63, 3.8) is 0 Å². The van der Waals surface area contributed by atoms with E-state index in [0.717, 1.165) is 73.4 Å². The van der Waals surface area contributed by atoms with Gasteiger partial charge in [0.25, 0.3) is 5.91 Å². The van der Waals surface area contributed by atoms with E-state index in [1.807, 2.05) is 58.3 Å². The maximum atomic E-state index is 13.2. The second kappa shape index (κ2) is 11.5. The Bertz CT molecular complexity index is 1230. The summed E-state index contributed by atoms with van der Waals surface area (Å²) in [4.78, 5) is 34.9. The summed E-state index contributed by atoms with van der Waals surface area (Å²) in [6, 6.07) is 13.9. The molecular formula is C32H42N4O2. The smallest absolute Gasteiger partial charge is 0.253 e. The van der Waals surface area contributed by atoms with Crippen LogP contribution in [0.1, 0.15) is 76.2 Å². The van der Waals surface area contributed by atoms with Crippen LogP contribution in [0.25, 0.3) is 17.2 Å². The number of likely N-dealkylation sites (tertiary alicyclic amines) is 1. The standard InChI is InChI=1S/C32H42N4O2/c1-6-15-35(16-7-2)31(38)26-18-25-13-12-24(19-28(25)34-29(33)20-26)22-8-10-23(11-9-22)30(37)36-17-14-27(21-36)32(3,4)5/h8-13,18-19,27H,6-7,14-17,20-21H2,1-5H3,(H2,33,34). The van der Waals surface area contributed by atoms with Crippen LogP contribution in [0.2, 0.25) is 0 Å². The maximum absolute atomic E-state index is 13.2. The number of benzene rings is 2. The molecule has 202 valence electrons. The highest BCUT2D eigenvalue weighted by atomic mass is 16.2. The van der Waals surface area contributed by atoms with Gasteiger partial charge in [0, 0.05) is 49.3 Å². The molecule has 2 aliphatic heterocycles. The Labute approximate surface area is 227 Å². The van der Waals surface area contributed by atoms with E-state index < -0.39 is 0 Å². The van der Waals surface area contributed by atoms with Crippen LogP contribution in [0.5, 0.6) is 0 Å². The van der Waals surface area contributed by atoms with Crippen molar-refractivity contribution >= 4 is 29.4 Å². The number of amidine groups is 1. The van der Waals surface area contributed by atoms with Crippen LogP contribution in [0.15, 0.2) is 53.0 Å². The summed E-state index contributed by atoms with van der Waals surface area (Å²) >= 11 is 0. The van der Waals surface area contributed by atoms with Gasteiger partial charge >= 0.3 is 0 Å². The van der Waals surface area contributed by atoms with Gasteiger partial charge < -0.3 is 15.5 Å². The van der Waals surface area contributed by atoms with Gasteiger partial charge in [-0.05, 0) is 66.0 Å². The molecule has 6 heteroatoms. The highest BCUT2D eigenvalue weighted by molar-refractivity contribution is 6.05. The lowest BCUT2D eigenvalue weighted by atomic mass is 9.80. The monoisotopic (exact) mass is 514 g/mol. The van der Waals surface area contributed by atoms with E-state index in [1.54, 1.807) is 0 Å². The lowest BCUT2D eigenvalue weighted by molar-refractivity contribution is -0.127. The number of carbonyl (C=O) groups is 2. The summed E-state index contributed by atoms with van der Waals surface area (Å²) < 4.78 is 0. The Kier molecular flexibility index (Phi) is 8.39. The molecule has 4 rings (SSSR count). The van der Waals surface area contributed by atoms with Crippen LogP contribution in [0.3, 0.4) is 0 Å². The van der Waals surface area contributed by atoms with Gasteiger partial charge in [0.1, 0.15) is 5.84 Å². The van der Waals surface area contributed by atoms with E-state index in [-0.39, 0.29) is 17.2 Å². The molecule has 1 saturated heterocycles. The van der Waals surface area contributed by atoms with E-state index in [9.17, 15) is 9.59 Å². The van der Waals surface area contributed by atoms with Crippen molar-refractivity contribution < 1.29 is 9.59 Å². The van der Waals surface area contributed by atoms with Gasteiger partial charge in [0.15, 0.2) is 0 Å². The molecule has 1 fully saturated rings. The van der Waals surface area contributed by atoms with Crippen LogP contribution in [-0.4, -0.2) is 53.6 Å². The van der Waals surface area contributed by atoms with Crippen molar-refractivity contribution in [3.05, 3.63) is 59.2 Å². The molecule has 0 bridgehead atoms. The molecule has 0 aromatic heterocycles. The van der Waals surface area contributed by atoms with E-state index in [2.05, 4.69) is 39.6 Å². The minimum Gasteiger partial charge on any atom is -0.387 e. The van der Waals surface area contributed by atoms with Crippen molar-refractivity contribution in [2.45, 2.75) is 60.3 Å². The zero-order chi connectivity index (χ0) is 27.4. The Hall–Kier alpha value is -3.41. The molecule has 1 atom stereocenters. The van der Waals surface area contributed by atoms with Gasteiger partial charge in [-0.15, -0.1) is 0 Å². The highest BCUT2D eigenvalue weighted by Crippen LogP contribution is 2.35. The number of hydrogen-bond acceptors (Lipinski definition) is 4. The lowest BCUT2D eigenvalue weighted by Gasteiger charge is -2.27. The van der Waals surface area contributed by atoms with Crippen molar-refractivity contribution in [1.82, 2.24) is 9.80 Å². The SMILES string of the molecule is CCCN(CCC)C(=O)C1=Cc2ccc(-c3ccc(C(=O)N4CCC(C(C)(C)C)C4)cc3)cc2N=C(N)C1. The Balaban J connectivity index is 1.53. The molecule has 0 spiro atoms. The third-order valence-corrected chi connectivity index (χ3v) is 7.71. The van der Waals surface area contributed by atoms with Crippen LogP contribution >= 0.6 is 0 Å². The lowest BCUT2D eigenvalue weighted by Crippen LogP contribution is -2.34. The molecule has 2 aromatic rings. The van der Waals surface area contributed by atoms with E-state index >= 15 is 0 Å². The van der Waals surface area contributed by atoms with E-state index in [4.69, 9.17) is 5.73 Å². The third kappa shape index (κ3) is 6.17. The Morgan fingerprint density at radius 2 is 1.68 bits per heavy atom. The molecule has 2 amide bonds. The van der Waals surface area contributed by atoms with Crippen LogP contribution in [-0.2, 0) is 4.79 Å². The summed E-state index contributed by atoms with van der Waals surface area (Å²) in [5.41, 5.74) is 11.5. The third-order valence-electron chi connectivity index (χ3n) is 7.71. The minimum absolute atomic E-state index is 0.0378. The first-order valence-electron chi connectivity index (χ1n) is 14.0. The fraction of sp³-hybridized carbons (Fsp3) is 0.469. The number of carbonyl (C=O) groups excluding carboxylic acids is 2. The molecule has 2 aromatic carbocycles. The number of fused-ring (bicyclic) bond motifs is 1. The molecule has 0 aliphatic carbocycles. The van der Waals surface area contributed by atoms with E-state index in [1.165, 1.54) is 0 Å². The van der Waals surface area contributed by atoms with Gasteiger partial charge in [-0.2, -0.15) is 0 Å². The topological polar surface area (TPSA) is 79.0 Å². The first-order chi connectivity index (χ1) is 18.1. The first-order valence-corrected chi connectivity index (χ1v) is 14.0. The fourth-order valence-electron chi connectivity index (χ4n) is 5.40. The number of hydrogen-bond donors (Lipinski definition) is 1. The molecule has 0 saturated carbocycles. The normalized spacial score (nSPS) is 17.4. The van der Waals surface area contributed by atoms with Gasteiger partial charge in [-0.1, -0.05) is 58.9 Å². The van der Waals surface area contributed by atoms with Crippen LogP contribution in [0, 0.1) is 11.3 Å². The number of aliphatic imine (C=N–C) groups is 1. The van der Waals surface area contributed by atoms with Crippen molar-refractivity contribution in [1.29, 1.82) is 0 Å². The molecule has 2 N–H and O–H groups in total. The summed E-state index contributed by atoms with van der Waals surface area (Å²) in [6.45, 7) is 14.0. The molecule has 6 nitrogen and oxygen atoms in total. The zero-order valence-electron chi connectivity index (χ0n) is 23.6. The number of nitrogens with zero attached hydrogens (tertiary/aromatic N) is 3. The predicted octanol–water partition coefficient (Wildman–Crippen LogP) is 6.29. The molecule has 1 unspecified atom stereocenters. The Morgan fingerprint density at radius 3 is 2.29 bits per heavy atom. The van der Waals surface area contributed by atoms with Crippen molar-refractivity contribution in [3.8, 4) is 11.1 Å². The quantitative estimate of drug-likeness (QED) is 0.472. The molecular weight excluding hydrogens is 472 g/mol. The summed E-state index contributed by atoms with van der Waals surface area (Å²) in [7, 11) is 0. The van der Waals surface area contributed by atoms with E-state index in [0.29, 0.717) is 23.7 Å². The van der Waals surface area contributed by atoms with Crippen molar-refractivity contribution in [2.24, 2.45) is 22.1 Å². The average molecular weight is 515 g/mol. The highest BCUT2D eigenvalue weighted by Gasteiger charge is 2.34. The predicted molar refractivity (Wildman–Crippen MR) is 156 cm³/mol. The number of amides is 2. The minimum atomic E-state index is 0.0378. The summed E-state index contributed by atoms with van der Waals surface area (Å²) in [5.74, 6) is 1.11. The second-order valence-electron chi connectivity index (χ2n) is 11.7. The fourth-order valence-corrected chi connectivity index (χ4v) is 5.40.